The zero-order valence-corrected chi connectivity index (χ0v) is 16.2. The highest BCUT2D eigenvalue weighted by Crippen LogP contribution is 2.35. The summed E-state index contributed by atoms with van der Waals surface area (Å²) in [5, 5.41) is 9.94. The average molecular weight is 403 g/mol. The minimum Gasteiger partial charge on any atom is -0.477 e. The van der Waals surface area contributed by atoms with Gasteiger partial charge in [0.05, 0.1) is 0 Å². The summed E-state index contributed by atoms with van der Waals surface area (Å²) >= 11 is 1.04. The second-order valence-electron chi connectivity index (χ2n) is 7.05. The normalized spacial score (nSPS) is 29.9. The number of nitrogens with zero attached hydrogens (tertiary/aromatic N) is 5. The lowest BCUT2D eigenvalue weighted by Gasteiger charge is -2.40. The molecule has 0 radical (unpaired) electrons. The van der Waals surface area contributed by atoms with E-state index in [9.17, 15) is 14.7 Å². The highest BCUT2D eigenvalue weighted by atomic mass is 32.1. The fourth-order valence-corrected chi connectivity index (χ4v) is 4.04. The number of halogens is 1. The lowest BCUT2D eigenvalue weighted by molar-refractivity contribution is -0.134. The molecule has 0 saturated carbocycles. The number of amidine groups is 1. The first-order chi connectivity index (χ1) is 13.4. The van der Waals surface area contributed by atoms with Gasteiger partial charge in [-0.05, 0) is 24.8 Å². The van der Waals surface area contributed by atoms with Crippen LogP contribution in [-0.4, -0.2) is 50.0 Å². The van der Waals surface area contributed by atoms with Gasteiger partial charge in [-0.3, -0.25) is 9.69 Å². The zero-order chi connectivity index (χ0) is 20.0. The van der Waals surface area contributed by atoms with Crippen LogP contribution in [0, 0.1) is 5.92 Å². The van der Waals surface area contributed by atoms with Gasteiger partial charge < -0.3 is 10.0 Å². The molecule has 2 bridgehead atoms. The Morgan fingerprint density at radius 1 is 1.36 bits per heavy atom. The van der Waals surface area contributed by atoms with Crippen LogP contribution in [0.25, 0.3) is 0 Å². The molecule has 10 heteroatoms. The number of ketones is 1. The number of hydrogen-bond donors (Lipinski definition) is 1. The number of carbonyl (C=O) groups is 2. The molecule has 4 heterocycles. The van der Waals surface area contributed by atoms with Crippen LogP contribution >= 0.6 is 11.5 Å². The van der Waals surface area contributed by atoms with Gasteiger partial charge in [0.2, 0.25) is 5.13 Å². The third-order valence-electron chi connectivity index (χ3n) is 5.02. The highest BCUT2D eigenvalue weighted by molar-refractivity contribution is 7.09. The number of rotatable bonds is 3. The van der Waals surface area contributed by atoms with E-state index in [0.717, 1.165) is 11.5 Å². The molecular formula is C18H18FN5O3S. The average Bonchev–Trinajstić information content (AvgIpc) is 3.14. The van der Waals surface area contributed by atoms with Gasteiger partial charge in [-0.1, -0.05) is 6.92 Å². The van der Waals surface area contributed by atoms with Gasteiger partial charge in [-0.25, -0.2) is 19.2 Å². The summed E-state index contributed by atoms with van der Waals surface area (Å²) in [6, 6.07) is 0. The van der Waals surface area contributed by atoms with Crippen molar-refractivity contribution in [2.75, 3.05) is 18.0 Å². The molecule has 0 amide bonds. The summed E-state index contributed by atoms with van der Waals surface area (Å²) in [4.78, 5) is 36.6. The third-order valence-corrected chi connectivity index (χ3v) is 5.68. The summed E-state index contributed by atoms with van der Waals surface area (Å²) in [5.41, 5.74) is -0.133. The Morgan fingerprint density at radius 2 is 2.11 bits per heavy atom. The van der Waals surface area contributed by atoms with Crippen molar-refractivity contribution in [1.82, 2.24) is 14.3 Å². The number of likely N-dealkylation sites (tertiary alicyclic amines) is 1. The molecule has 0 unspecified atom stereocenters. The Hall–Kier alpha value is -2.88. The molecule has 146 valence electrons. The van der Waals surface area contributed by atoms with Crippen LogP contribution in [0.1, 0.15) is 26.7 Å². The van der Waals surface area contributed by atoms with Crippen molar-refractivity contribution in [3.05, 3.63) is 40.9 Å². The van der Waals surface area contributed by atoms with Crippen LogP contribution < -0.4 is 4.90 Å². The maximum Gasteiger partial charge on any atom is 0.341 e. The molecule has 0 spiro atoms. The lowest BCUT2D eigenvalue weighted by Crippen LogP contribution is -2.45. The molecule has 28 heavy (non-hydrogen) atoms. The van der Waals surface area contributed by atoms with E-state index < -0.39 is 23.2 Å². The smallest absolute Gasteiger partial charge is 0.341 e. The summed E-state index contributed by atoms with van der Waals surface area (Å²) in [6.07, 6.45) is 3.10. The van der Waals surface area contributed by atoms with Crippen molar-refractivity contribution < 1.29 is 19.1 Å². The van der Waals surface area contributed by atoms with E-state index in [0.29, 0.717) is 36.4 Å². The molecule has 0 atom stereocenters. The monoisotopic (exact) mass is 403 g/mol. The number of fused-ring (bicyclic) bond motifs is 3. The van der Waals surface area contributed by atoms with Gasteiger partial charge in [-0.2, -0.15) is 4.37 Å². The molecule has 1 saturated heterocycles. The van der Waals surface area contributed by atoms with E-state index >= 15 is 4.39 Å². The molecule has 3 aliphatic heterocycles. The predicted molar refractivity (Wildman–Crippen MR) is 101 cm³/mol. The molecule has 1 aromatic rings. The molecular weight excluding hydrogens is 385 g/mol. The van der Waals surface area contributed by atoms with E-state index in [2.05, 4.69) is 21.3 Å². The Balaban J connectivity index is 1.94. The summed E-state index contributed by atoms with van der Waals surface area (Å²) in [6.45, 7) is 4.92. The molecule has 1 fully saturated rings. The highest BCUT2D eigenvalue weighted by Gasteiger charge is 2.35. The quantitative estimate of drug-likeness (QED) is 0.774. The van der Waals surface area contributed by atoms with E-state index in [1.807, 2.05) is 4.90 Å². The Morgan fingerprint density at radius 3 is 2.71 bits per heavy atom. The van der Waals surface area contributed by atoms with Crippen LogP contribution in [-0.2, 0) is 9.59 Å². The van der Waals surface area contributed by atoms with Gasteiger partial charge in [0.1, 0.15) is 17.7 Å². The van der Waals surface area contributed by atoms with Gasteiger partial charge in [0, 0.05) is 42.8 Å². The second-order valence-corrected chi connectivity index (χ2v) is 7.81. The topological polar surface area (TPSA) is 99.0 Å². The number of anilines is 1. The Labute approximate surface area is 164 Å². The van der Waals surface area contributed by atoms with Gasteiger partial charge in [-0.15, -0.1) is 0 Å². The van der Waals surface area contributed by atoms with Crippen LogP contribution in [0.15, 0.2) is 45.9 Å². The minimum atomic E-state index is -1.38. The van der Waals surface area contributed by atoms with Crippen molar-refractivity contribution >= 4 is 34.3 Å². The number of carbonyl (C=O) groups excluding carboxylic acids is 1. The largest absolute Gasteiger partial charge is 0.477 e. The van der Waals surface area contributed by atoms with E-state index in [-0.39, 0.29) is 23.4 Å². The van der Waals surface area contributed by atoms with Crippen molar-refractivity contribution in [3.63, 3.8) is 0 Å². The molecule has 8 nitrogen and oxygen atoms in total. The summed E-state index contributed by atoms with van der Waals surface area (Å²) in [7, 11) is 0. The van der Waals surface area contributed by atoms with Crippen molar-refractivity contribution in [2.24, 2.45) is 10.9 Å². The van der Waals surface area contributed by atoms with Crippen LogP contribution in [0.5, 0.6) is 0 Å². The molecule has 1 N–H and O–H groups in total. The number of allylic oxidation sites excluding steroid dienone is 3. The first-order valence-corrected chi connectivity index (χ1v) is 9.62. The van der Waals surface area contributed by atoms with Gasteiger partial charge in [0.25, 0.3) is 0 Å². The van der Waals surface area contributed by atoms with E-state index in [1.54, 1.807) is 0 Å². The number of carboxylic acid groups (broad SMARTS) is 1. The molecule has 1 aromatic heterocycles. The number of hydrogen-bond acceptors (Lipinski definition) is 8. The summed E-state index contributed by atoms with van der Waals surface area (Å²) < 4.78 is 19.3. The fraction of sp³-hybridized carbons (Fsp3) is 0.389. The Kier molecular flexibility index (Phi) is 4.58. The lowest BCUT2D eigenvalue weighted by atomic mass is 9.92. The third kappa shape index (κ3) is 3.03. The maximum absolute atomic E-state index is 15.3. The fourth-order valence-electron chi connectivity index (χ4n) is 3.51. The molecule has 4 rings (SSSR count). The van der Waals surface area contributed by atoms with E-state index in [4.69, 9.17) is 0 Å². The van der Waals surface area contributed by atoms with Crippen LogP contribution in [0.4, 0.5) is 9.52 Å². The number of Topliss-reactive ketones (excluding diaryl/α,β-unsaturated/α-hetero) is 1. The summed E-state index contributed by atoms with van der Waals surface area (Å²) in [5.74, 6) is -1.62. The first kappa shape index (κ1) is 18.5. The van der Waals surface area contributed by atoms with Crippen molar-refractivity contribution in [2.45, 2.75) is 26.7 Å². The molecule has 3 aliphatic rings. The maximum atomic E-state index is 15.3. The molecule has 0 aromatic carbocycles. The van der Waals surface area contributed by atoms with Crippen molar-refractivity contribution in [3.8, 4) is 0 Å². The van der Waals surface area contributed by atoms with Crippen LogP contribution in [0.3, 0.4) is 0 Å². The van der Waals surface area contributed by atoms with Crippen molar-refractivity contribution in [1.29, 1.82) is 0 Å². The van der Waals surface area contributed by atoms with E-state index in [1.165, 1.54) is 24.4 Å². The SMILES string of the molecule is CC1=C2\CC\C(=N/C(N3CC(C)C3)=C\1F)N(c1ncns1)/C=C(/C(=O)O)C2=O. The zero-order valence-electron chi connectivity index (χ0n) is 15.3. The standard InChI is InChI=1S/C18H18FN5O3S/c1-9-5-23(6-9)16-14(19)10(2)11-3-4-13(22-16)24(18-20-8-21-28-18)7-12(15(11)25)17(26)27/h7-9H,3-6H2,1-2H3,(H,26,27)/b11-10-,12-7+,16-14-,22-13+. The predicted octanol–water partition coefficient (Wildman–Crippen LogP) is 2.49. The Bertz CT molecular complexity index is 973. The number of aliphatic imine (C=N–C) groups is 1. The number of carboxylic acids is 1. The molecule has 0 aliphatic carbocycles. The number of aromatic nitrogens is 2. The van der Waals surface area contributed by atoms with Crippen LogP contribution in [0.2, 0.25) is 0 Å². The second kappa shape index (κ2) is 6.93. The van der Waals surface area contributed by atoms with Gasteiger partial charge >= 0.3 is 5.97 Å². The van der Waals surface area contributed by atoms with Gasteiger partial charge in [0.15, 0.2) is 17.4 Å². The number of aliphatic carboxylic acids is 1. The first-order valence-electron chi connectivity index (χ1n) is 8.85. The minimum absolute atomic E-state index is 0.152.